The number of hydrogen-bond acceptors (Lipinski definition) is 4. The van der Waals surface area contributed by atoms with Gasteiger partial charge in [-0.3, -0.25) is 4.72 Å². The zero-order chi connectivity index (χ0) is 14.2. The van der Waals surface area contributed by atoms with E-state index in [4.69, 9.17) is 9.52 Å². The molecule has 7 heteroatoms. The van der Waals surface area contributed by atoms with Crippen molar-refractivity contribution in [2.24, 2.45) is 0 Å². The van der Waals surface area contributed by atoms with Crippen LogP contribution in [0.5, 0.6) is 0 Å². The molecule has 0 fully saturated rings. The summed E-state index contributed by atoms with van der Waals surface area (Å²) in [5.41, 5.74) is 0.777. The summed E-state index contributed by atoms with van der Waals surface area (Å²) in [5.74, 6) is -0.869. The quantitative estimate of drug-likeness (QED) is 0.896. The van der Waals surface area contributed by atoms with Gasteiger partial charge in [0.05, 0.1) is 5.75 Å². The van der Waals surface area contributed by atoms with Gasteiger partial charge in [-0.05, 0) is 32.0 Å². The molecular weight excluding hydrogens is 270 g/mol. The molecule has 0 radical (unpaired) electrons. The molecule has 2 rings (SSSR count). The number of carboxylic acid groups (broad SMARTS) is 1. The molecule has 6 nitrogen and oxygen atoms in total. The van der Waals surface area contributed by atoms with E-state index in [0.29, 0.717) is 16.7 Å². The summed E-state index contributed by atoms with van der Waals surface area (Å²) in [4.78, 5) is 11.2. The van der Waals surface area contributed by atoms with E-state index < -0.39 is 16.0 Å². The topological polar surface area (TPSA) is 96.6 Å². The third-order valence-electron chi connectivity index (χ3n) is 2.73. The van der Waals surface area contributed by atoms with Crippen LogP contribution < -0.4 is 4.72 Å². The highest BCUT2D eigenvalue weighted by atomic mass is 32.2. The molecule has 0 saturated heterocycles. The van der Waals surface area contributed by atoms with Crippen molar-refractivity contribution in [2.75, 3.05) is 10.5 Å². The Morgan fingerprint density at radius 2 is 2.11 bits per heavy atom. The first-order valence-electron chi connectivity index (χ1n) is 5.61. The van der Waals surface area contributed by atoms with Gasteiger partial charge in [-0.15, -0.1) is 0 Å². The number of aromatic carboxylic acids is 1. The standard InChI is InChI=1S/C12H13NO5S/c1-3-19(16,17)13-8-4-5-10-9(6-8)11(12(14)15)7(2)18-10/h4-6,13H,3H2,1-2H3,(H,14,15). The highest BCUT2D eigenvalue weighted by Gasteiger charge is 2.18. The van der Waals surface area contributed by atoms with E-state index in [2.05, 4.69) is 4.72 Å². The predicted molar refractivity (Wildman–Crippen MR) is 71.0 cm³/mol. The molecular formula is C12H13NO5S. The second kappa shape index (κ2) is 4.58. The number of fused-ring (bicyclic) bond motifs is 1. The Hall–Kier alpha value is -2.02. The van der Waals surface area contributed by atoms with E-state index in [1.54, 1.807) is 13.0 Å². The minimum atomic E-state index is -3.40. The van der Waals surface area contributed by atoms with Crippen molar-refractivity contribution in [1.82, 2.24) is 0 Å². The molecule has 19 heavy (non-hydrogen) atoms. The Morgan fingerprint density at radius 1 is 1.42 bits per heavy atom. The lowest BCUT2D eigenvalue weighted by Gasteiger charge is -2.05. The lowest BCUT2D eigenvalue weighted by Crippen LogP contribution is -2.14. The van der Waals surface area contributed by atoms with Crippen LogP contribution in [0.2, 0.25) is 0 Å². The third kappa shape index (κ3) is 2.55. The largest absolute Gasteiger partial charge is 0.478 e. The molecule has 0 unspecified atom stereocenters. The first-order chi connectivity index (χ1) is 8.84. The molecule has 1 aromatic heterocycles. The molecule has 1 heterocycles. The molecule has 0 aliphatic heterocycles. The summed E-state index contributed by atoms with van der Waals surface area (Å²) < 4.78 is 30.6. The van der Waals surface area contributed by atoms with Crippen LogP contribution in [0, 0.1) is 6.92 Å². The van der Waals surface area contributed by atoms with Crippen molar-refractivity contribution < 1.29 is 22.7 Å². The van der Waals surface area contributed by atoms with Crippen LogP contribution in [0.1, 0.15) is 23.0 Å². The summed E-state index contributed by atoms with van der Waals surface area (Å²) in [6.07, 6.45) is 0. The molecule has 0 amide bonds. The Labute approximate surface area is 110 Å². The smallest absolute Gasteiger partial charge is 0.339 e. The van der Waals surface area contributed by atoms with Crippen LogP contribution in [0.4, 0.5) is 5.69 Å². The van der Waals surface area contributed by atoms with E-state index in [9.17, 15) is 13.2 Å². The summed E-state index contributed by atoms with van der Waals surface area (Å²) in [6, 6.07) is 4.54. The van der Waals surface area contributed by atoms with Crippen LogP contribution in [0.15, 0.2) is 22.6 Å². The molecule has 0 spiro atoms. The summed E-state index contributed by atoms with van der Waals surface area (Å²) in [6.45, 7) is 3.07. The average molecular weight is 283 g/mol. The molecule has 0 atom stereocenters. The van der Waals surface area contributed by atoms with Gasteiger partial charge in [-0.1, -0.05) is 0 Å². The summed E-state index contributed by atoms with van der Waals surface area (Å²) in [5, 5.41) is 9.50. The number of anilines is 1. The Bertz CT molecular complexity index is 745. The van der Waals surface area contributed by atoms with Gasteiger partial charge in [-0.2, -0.15) is 0 Å². The predicted octanol–water partition coefficient (Wildman–Crippen LogP) is 2.20. The van der Waals surface area contributed by atoms with Crippen LogP contribution >= 0.6 is 0 Å². The fourth-order valence-electron chi connectivity index (χ4n) is 1.80. The molecule has 2 aromatic rings. The minimum absolute atomic E-state index is 0.0487. The maximum atomic E-state index is 11.5. The van der Waals surface area contributed by atoms with Crippen molar-refractivity contribution in [3.8, 4) is 0 Å². The SMILES string of the molecule is CCS(=O)(=O)Nc1ccc2oc(C)c(C(=O)O)c2c1. The van der Waals surface area contributed by atoms with Crippen molar-refractivity contribution in [3.63, 3.8) is 0 Å². The molecule has 1 aromatic carbocycles. The van der Waals surface area contributed by atoms with E-state index in [1.807, 2.05) is 0 Å². The number of carboxylic acids is 1. The van der Waals surface area contributed by atoms with Gasteiger partial charge in [0.2, 0.25) is 10.0 Å². The minimum Gasteiger partial charge on any atom is -0.478 e. The van der Waals surface area contributed by atoms with Gasteiger partial charge in [0, 0.05) is 11.1 Å². The summed E-state index contributed by atoms with van der Waals surface area (Å²) in [7, 11) is -3.40. The monoisotopic (exact) mass is 283 g/mol. The van der Waals surface area contributed by atoms with Crippen LogP contribution in [-0.2, 0) is 10.0 Å². The number of benzene rings is 1. The van der Waals surface area contributed by atoms with E-state index >= 15 is 0 Å². The lowest BCUT2D eigenvalue weighted by molar-refractivity contribution is 0.0697. The Kier molecular flexibility index (Phi) is 3.23. The second-order valence-electron chi connectivity index (χ2n) is 4.05. The number of carbonyl (C=O) groups is 1. The molecule has 102 valence electrons. The van der Waals surface area contributed by atoms with E-state index in [0.717, 1.165) is 0 Å². The van der Waals surface area contributed by atoms with Gasteiger partial charge in [-0.25, -0.2) is 13.2 Å². The van der Waals surface area contributed by atoms with E-state index in [1.165, 1.54) is 19.1 Å². The average Bonchev–Trinajstić information content (AvgIpc) is 2.64. The molecule has 0 saturated carbocycles. The zero-order valence-corrected chi connectivity index (χ0v) is 11.2. The van der Waals surface area contributed by atoms with E-state index in [-0.39, 0.29) is 17.1 Å². The van der Waals surface area contributed by atoms with Gasteiger partial charge < -0.3 is 9.52 Å². The number of aryl methyl sites for hydroxylation is 1. The first-order valence-corrected chi connectivity index (χ1v) is 7.26. The van der Waals surface area contributed by atoms with Crippen LogP contribution in [0.3, 0.4) is 0 Å². The van der Waals surface area contributed by atoms with Gasteiger partial charge in [0.25, 0.3) is 0 Å². The highest BCUT2D eigenvalue weighted by molar-refractivity contribution is 7.92. The lowest BCUT2D eigenvalue weighted by atomic mass is 10.1. The van der Waals surface area contributed by atoms with Crippen molar-refractivity contribution >= 4 is 32.6 Å². The van der Waals surface area contributed by atoms with Crippen molar-refractivity contribution in [1.29, 1.82) is 0 Å². The third-order valence-corrected chi connectivity index (χ3v) is 4.04. The van der Waals surface area contributed by atoms with Gasteiger partial charge in [0.15, 0.2) is 0 Å². The van der Waals surface area contributed by atoms with Crippen LogP contribution in [0.25, 0.3) is 11.0 Å². The molecule has 0 aliphatic carbocycles. The fraction of sp³-hybridized carbons (Fsp3) is 0.250. The number of nitrogens with one attached hydrogen (secondary N) is 1. The van der Waals surface area contributed by atoms with Gasteiger partial charge in [0.1, 0.15) is 16.9 Å². The zero-order valence-electron chi connectivity index (χ0n) is 10.4. The number of sulfonamides is 1. The van der Waals surface area contributed by atoms with Crippen molar-refractivity contribution in [3.05, 3.63) is 29.5 Å². The second-order valence-corrected chi connectivity index (χ2v) is 6.07. The molecule has 2 N–H and O–H groups in total. The van der Waals surface area contributed by atoms with Gasteiger partial charge >= 0.3 is 5.97 Å². The maximum absolute atomic E-state index is 11.5. The normalized spacial score (nSPS) is 11.7. The summed E-state index contributed by atoms with van der Waals surface area (Å²) >= 11 is 0. The number of hydrogen-bond donors (Lipinski definition) is 2. The maximum Gasteiger partial charge on any atom is 0.339 e. The highest BCUT2D eigenvalue weighted by Crippen LogP contribution is 2.28. The van der Waals surface area contributed by atoms with Crippen molar-refractivity contribution in [2.45, 2.75) is 13.8 Å². The number of furan rings is 1. The van der Waals surface area contributed by atoms with Crippen LogP contribution in [-0.4, -0.2) is 25.2 Å². The molecule has 0 bridgehead atoms. The fourth-order valence-corrected chi connectivity index (χ4v) is 2.43. The molecule has 0 aliphatic rings. The Morgan fingerprint density at radius 3 is 2.68 bits per heavy atom. The Balaban J connectivity index is 2.56. The first kappa shape index (κ1) is 13.4. The number of rotatable bonds is 4.